The monoisotopic (exact) mass is 312 g/mol. The number of piperidine rings is 1. The molecule has 7 nitrogen and oxygen atoms in total. The van der Waals surface area contributed by atoms with Crippen molar-refractivity contribution in [1.29, 1.82) is 0 Å². The summed E-state index contributed by atoms with van der Waals surface area (Å²) in [6.45, 7) is 6.42. The molecular weight excluding hydrogens is 288 g/mol. The molecule has 0 spiro atoms. The molecule has 2 aliphatic heterocycles. The summed E-state index contributed by atoms with van der Waals surface area (Å²) < 4.78 is 5.33. The molecule has 2 aliphatic rings. The third-order valence-corrected chi connectivity index (χ3v) is 4.05. The van der Waals surface area contributed by atoms with Crippen LogP contribution in [0.4, 0.5) is 4.79 Å². The first kappa shape index (κ1) is 16.6. The molecule has 0 aliphatic carbocycles. The van der Waals surface area contributed by atoms with E-state index in [-0.39, 0.29) is 18.0 Å². The van der Waals surface area contributed by atoms with Gasteiger partial charge in [-0.1, -0.05) is 0 Å². The van der Waals surface area contributed by atoms with Crippen LogP contribution in [0.25, 0.3) is 0 Å². The number of aliphatic carboxylic acids is 1. The summed E-state index contributed by atoms with van der Waals surface area (Å²) in [5, 5.41) is 9.22. The maximum atomic E-state index is 12.0. The Morgan fingerprint density at radius 1 is 1.18 bits per heavy atom. The minimum absolute atomic E-state index is 0.0943. The molecule has 0 radical (unpaired) electrons. The molecule has 0 bridgehead atoms. The minimum Gasteiger partial charge on any atom is -0.480 e. The minimum atomic E-state index is -0.944. The molecule has 2 saturated heterocycles. The van der Waals surface area contributed by atoms with Gasteiger partial charge in [0.05, 0.1) is 0 Å². The first-order valence-corrected chi connectivity index (χ1v) is 7.71. The van der Waals surface area contributed by atoms with Gasteiger partial charge in [-0.3, -0.25) is 4.79 Å². The molecule has 2 amide bonds. The molecule has 7 heteroatoms. The van der Waals surface area contributed by atoms with Crippen molar-refractivity contribution in [2.24, 2.45) is 0 Å². The van der Waals surface area contributed by atoms with Crippen molar-refractivity contribution in [3.63, 3.8) is 0 Å². The number of carbonyl (C=O) groups excluding carboxylic acids is 2. The number of hydrogen-bond donors (Lipinski definition) is 1. The largest absolute Gasteiger partial charge is 0.480 e. The molecule has 1 N–H and O–H groups in total. The van der Waals surface area contributed by atoms with Crippen LogP contribution in [0.2, 0.25) is 0 Å². The Bertz CT molecular complexity index is 463. The van der Waals surface area contributed by atoms with Gasteiger partial charge in [-0.05, 0) is 40.0 Å². The summed E-state index contributed by atoms with van der Waals surface area (Å²) in [6.07, 6.45) is 1.50. The number of amides is 2. The Hall–Kier alpha value is -1.79. The summed E-state index contributed by atoms with van der Waals surface area (Å²) >= 11 is 0. The molecule has 0 aromatic rings. The highest BCUT2D eigenvalue weighted by Gasteiger charge is 2.41. The molecule has 2 heterocycles. The van der Waals surface area contributed by atoms with E-state index in [0.29, 0.717) is 38.8 Å². The van der Waals surface area contributed by atoms with Gasteiger partial charge in [0.25, 0.3) is 0 Å². The maximum absolute atomic E-state index is 12.0. The Kier molecular flexibility index (Phi) is 4.63. The highest BCUT2D eigenvalue weighted by Crippen LogP contribution is 2.27. The molecule has 124 valence electrons. The van der Waals surface area contributed by atoms with Crippen LogP contribution < -0.4 is 0 Å². The number of hydrogen-bond acceptors (Lipinski definition) is 4. The molecule has 2 fully saturated rings. The van der Waals surface area contributed by atoms with Gasteiger partial charge in [0.1, 0.15) is 11.6 Å². The third kappa shape index (κ3) is 3.69. The van der Waals surface area contributed by atoms with E-state index >= 15 is 0 Å². The maximum Gasteiger partial charge on any atom is 0.410 e. The van der Waals surface area contributed by atoms with Crippen LogP contribution in [0, 0.1) is 0 Å². The lowest BCUT2D eigenvalue weighted by Gasteiger charge is -2.38. The fraction of sp³-hybridized carbons (Fsp3) is 0.800. The van der Waals surface area contributed by atoms with Crippen molar-refractivity contribution in [1.82, 2.24) is 9.80 Å². The summed E-state index contributed by atoms with van der Waals surface area (Å²) in [4.78, 5) is 38.3. The molecule has 0 aromatic carbocycles. The highest BCUT2D eigenvalue weighted by molar-refractivity contribution is 5.87. The van der Waals surface area contributed by atoms with Crippen molar-refractivity contribution in [3.05, 3.63) is 0 Å². The van der Waals surface area contributed by atoms with Gasteiger partial charge in [-0.25, -0.2) is 9.59 Å². The number of nitrogens with zero attached hydrogens (tertiary/aromatic N) is 2. The molecular formula is C15H24N2O5. The second kappa shape index (κ2) is 6.14. The lowest BCUT2D eigenvalue weighted by molar-refractivity contribution is -0.148. The zero-order valence-corrected chi connectivity index (χ0v) is 13.4. The quantitative estimate of drug-likeness (QED) is 0.834. The van der Waals surface area contributed by atoms with Gasteiger partial charge >= 0.3 is 12.1 Å². The molecule has 0 aromatic heterocycles. The van der Waals surface area contributed by atoms with E-state index in [4.69, 9.17) is 4.74 Å². The van der Waals surface area contributed by atoms with Gasteiger partial charge < -0.3 is 19.6 Å². The van der Waals surface area contributed by atoms with E-state index in [2.05, 4.69) is 0 Å². The van der Waals surface area contributed by atoms with E-state index in [1.54, 1.807) is 4.90 Å². The van der Waals surface area contributed by atoms with Gasteiger partial charge in [-0.15, -0.1) is 0 Å². The van der Waals surface area contributed by atoms with Gasteiger partial charge in [-0.2, -0.15) is 0 Å². The first-order valence-electron chi connectivity index (χ1n) is 7.71. The number of ether oxygens (including phenoxy) is 1. The summed E-state index contributed by atoms with van der Waals surface area (Å²) in [5.41, 5.74) is -0.534. The fourth-order valence-electron chi connectivity index (χ4n) is 3.06. The van der Waals surface area contributed by atoms with Crippen molar-refractivity contribution in [2.45, 2.75) is 64.1 Å². The standard InChI is InChI=1S/C15H24N2O5/c1-15(2,3)22-14(21)16-8-6-10(7-9-16)17-11(13(19)20)4-5-12(17)18/h10-11H,4-9H2,1-3H3,(H,19,20). The lowest BCUT2D eigenvalue weighted by Crippen LogP contribution is -2.52. The van der Waals surface area contributed by atoms with Crippen LogP contribution in [-0.2, 0) is 14.3 Å². The average Bonchev–Trinajstić information content (AvgIpc) is 2.79. The topological polar surface area (TPSA) is 87.2 Å². The summed E-state index contributed by atoms with van der Waals surface area (Å²) in [5.74, 6) is -1.04. The summed E-state index contributed by atoms with van der Waals surface area (Å²) in [6, 6.07) is -0.819. The first-order chi connectivity index (χ1) is 10.2. The third-order valence-electron chi connectivity index (χ3n) is 4.05. The van der Waals surface area contributed by atoms with Gasteiger partial charge in [0, 0.05) is 25.6 Å². The highest BCUT2D eigenvalue weighted by atomic mass is 16.6. The van der Waals surface area contributed by atoms with Crippen molar-refractivity contribution >= 4 is 18.0 Å². The van der Waals surface area contributed by atoms with E-state index in [0.717, 1.165) is 0 Å². The van der Waals surface area contributed by atoms with Crippen LogP contribution in [0.3, 0.4) is 0 Å². The van der Waals surface area contributed by atoms with Crippen LogP contribution in [0.15, 0.2) is 0 Å². The Labute approximate surface area is 130 Å². The second-order valence-electron chi connectivity index (χ2n) is 6.89. The number of carbonyl (C=O) groups is 3. The normalized spacial score (nSPS) is 23.8. The van der Waals surface area contributed by atoms with Crippen LogP contribution in [-0.4, -0.2) is 63.7 Å². The van der Waals surface area contributed by atoms with Crippen LogP contribution in [0.5, 0.6) is 0 Å². The smallest absolute Gasteiger partial charge is 0.410 e. The predicted octanol–water partition coefficient (Wildman–Crippen LogP) is 1.46. The Balaban J connectivity index is 1.93. The van der Waals surface area contributed by atoms with Crippen molar-refractivity contribution in [3.8, 4) is 0 Å². The van der Waals surface area contributed by atoms with E-state index < -0.39 is 17.6 Å². The number of carboxylic acid groups (broad SMARTS) is 1. The second-order valence-corrected chi connectivity index (χ2v) is 6.89. The van der Waals surface area contributed by atoms with Gasteiger partial charge in [0.2, 0.25) is 5.91 Å². The summed E-state index contributed by atoms with van der Waals surface area (Å²) in [7, 11) is 0. The zero-order valence-electron chi connectivity index (χ0n) is 13.4. The van der Waals surface area contributed by atoms with Gasteiger partial charge in [0.15, 0.2) is 0 Å². The predicted molar refractivity (Wildman–Crippen MR) is 78.3 cm³/mol. The van der Waals surface area contributed by atoms with Crippen LogP contribution in [0.1, 0.15) is 46.5 Å². The Morgan fingerprint density at radius 3 is 2.27 bits per heavy atom. The number of carboxylic acids is 1. The molecule has 0 saturated carbocycles. The zero-order chi connectivity index (χ0) is 16.5. The lowest BCUT2D eigenvalue weighted by atomic mass is 10.0. The number of likely N-dealkylation sites (tertiary alicyclic amines) is 2. The Morgan fingerprint density at radius 2 is 1.77 bits per heavy atom. The fourth-order valence-corrected chi connectivity index (χ4v) is 3.06. The average molecular weight is 312 g/mol. The number of rotatable bonds is 2. The van der Waals surface area contributed by atoms with E-state index in [1.807, 2.05) is 20.8 Å². The molecule has 1 unspecified atom stereocenters. The molecule has 22 heavy (non-hydrogen) atoms. The molecule has 2 rings (SSSR count). The van der Waals surface area contributed by atoms with E-state index in [9.17, 15) is 19.5 Å². The van der Waals surface area contributed by atoms with Crippen molar-refractivity contribution in [2.75, 3.05) is 13.1 Å². The van der Waals surface area contributed by atoms with E-state index in [1.165, 1.54) is 4.90 Å². The van der Waals surface area contributed by atoms with Crippen LogP contribution >= 0.6 is 0 Å². The SMILES string of the molecule is CC(C)(C)OC(=O)N1CCC(N2C(=O)CCC2C(=O)O)CC1. The van der Waals surface area contributed by atoms with Crippen molar-refractivity contribution < 1.29 is 24.2 Å². The molecule has 1 atom stereocenters.